The third-order valence-electron chi connectivity index (χ3n) is 5.66. The van der Waals surface area contributed by atoms with Crippen LogP contribution in [0.15, 0.2) is 48.5 Å². The summed E-state index contributed by atoms with van der Waals surface area (Å²) in [5.74, 6) is 0.0632. The van der Waals surface area contributed by atoms with Crippen LogP contribution in [0.2, 0.25) is 38.3 Å². The zero-order valence-electron chi connectivity index (χ0n) is 22.3. The largest absolute Gasteiger partial charge is 0.456 e. The molecule has 9 nitrogen and oxygen atoms in total. The molecule has 0 atom stereocenters. The Hall–Kier alpha value is -2.07. The van der Waals surface area contributed by atoms with Crippen molar-refractivity contribution in [1.82, 2.24) is 0 Å². The van der Waals surface area contributed by atoms with Crippen molar-refractivity contribution < 1.29 is 21.0 Å². The molecule has 0 spiro atoms. The van der Waals surface area contributed by atoms with Crippen LogP contribution in [0.3, 0.4) is 0 Å². The molecule has 0 aliphatic rings. The number of benzene rings is 2. The van der Waals surface area contributed by atoms with Crippen molar-refractivity contribution >= 4 is 59.4 Å². The van der Waals surface area contributed by atoms with E-state index in [4.69, 9.17) is 15.6 Å². The number of hydrogen-bond acceptors (Lipinski definition) is 7. The molecule has 2 aromatic carbocycles. The van der Waals surface area contributed by atoms with Gasteiger partial charge >= 0.3 is 0 Å². The lowest BCUT2D eigenvalue weighted by molar-refractivity contribution is 0.525. The highest BCUT2D eigenvalue weighted by molar-refractivity contribution is 7.92. The van der Waals surface area contributed by atoms with Gasteiger partial charge in [0.1, 0.15) is 0 Å². The van der Waals surface area contributed by atoms with E-state index >= 15 is 0 Å². The molecule has 0 unspecified atom stereocenters. The van der Waals surface area contributed by atoms with E-state index in [-0.39, 0.29) is 11.5 Å². The number of nitrogen functional groups attached to an aromatic ring is 2. The molecule has 0 heterocycles. The van der Waals surface area contributed by atoms with E-state index in [2.05, 4.69) is 35.6 Å². The first-order chi connectivity index (χ1) is 17.1. The van der Waals surface area contributed by atoms with E-state index in [1.807, 2.05) is 0 Å². The van der Waals surface area contributed by atoms with Gasteiger partial charge in [-0.3, -0.25) is 9.44 Å². The maximum Gasteiger partial charge on any atom is 0.232 e. The summed E-state index contributed by atoms with van der Waals surface area (Å²) in [6.45, 7) is 8.65. The van der Waals surface area contributed by atoms with Crippen molar-refractivity contribution in [3.05, 3.63) is 48.5 Å². The molecule has 0 aliphatic heterocycles. The molecule has 37 heavy (non-hydrogen) atoms. The molecule has 0 bridgehead atoms. The second-order valence-electron chi connectivity index (χ2n) is 10.7. The maximum absolute atomic E-state index is 12.5. The van der Waals surface area contributed by atoms with Crippen LogP contribution in [-0.4, -0.2) is 45.0 Å². The van der Waals surface area contributed by atoms with Crippen LogP contribution in [0.25, 0.3) is 0 Å². The standard InChI is InChI=1S/C24H42N4O5S2Si2/c1-36(2,3)33-37(4,19-7-5-17-34(29,30)27-23-13-9-21(25)10-14-23)20-8-6-18-35(31,32)28-24-15-11-22(26)12-16-24/h9-16,27-28H,5-8,17-20,25-26H2,1-4H3. The van der Waals surface area contributed by atoms with E-state index in [9.17, 15) is 16.8 Å². The molecular weight excluding hydrogens is 545 g/mol. The first-order valence-corrected chi connectivity index (χ1v) is 22.0. The second-order valence-corrected chi connectivity index (χ2v) is 23.3. The average molecular weight is 587 g/mol. The molecule has 13 heteroatoms. The summed E-state index contributed by atoms with van der Waals surface area (Å²) in [5, 5.41) is 0. The van der Waals surface area contributed by atoms with Gasteiger partial charge in [0.25, 0.3) is 0 Å². The van der Waals surface area contributed by atoms with E-state index < -0.39 is 36.7 Å². The smallest absolute Gasteiger partial charge is 0.232 e. The van der Waals surface area contributed by atoms with Gasteiger partial charge < -0.3 is 15.6 Å². The third-order valence-corrected chi connectivity index (χ3v) is 15.6. The Morgan fingerprint density at radius 3 is 1.32 bits per heavy atom. The lowest BCUT2D eigenvalue weighted by atomic mass is 10.3. The normalized spacial score (nSPS) is 12.9. The predicted octanol–water partition coefficient (Wildman–Crippen LogP) is 5.02. The lowest BCUT2D eigenvalue weighted by Crippen LogP contribution is -2.44. The van der Waals surface area contributed by atoms with Crippen LogP contribution in [0.4, 0.5) is 22.7 Å². The molecule has 0 saturated carbocycles. The van der Waals surface area contributed by atoms with Gasteiger partial charge in [0.05, 0.1) is 11.5 Å². The van der Waals surface area contributed by atoms with Crippen LogP contribution in [-0.2, 0) is 24.2 Å². The fraction of sp³-hybridized carbons (Fsp3) is 0.500. The van der Waals surface area contributed by atoms with Gasteiger partial charge in [-0.25, -0.2) is 16.8 Å². The lowest BCUT2D eigenvalue weighted by Gasteiger charge is -2.35. The maximum atomic E-state index is 12.5. The Kier molecular flexibility index (Phi) is 11.1. The minimum absolute atomic E-state index is 0.0316. The first kappa shape index (κ1) is 31.2. The van der Waals surface area contributed by atoms with Crippen LogP contribution in [0.5, 0.6) is 0 Å². The number of unbranched alkanes of at least 4 members (excludes halogenated alkanes) is 2. The molecule has 0 aromatic heterocycles. The number of sulfonamides is 2. The Bertz CT molecular complexity index is 1120. The molecule has 2 rings (SSSR count). The number of nitrogens with one attached hydrogen (secondary N) is 2. The summed E-state index contributed by atoms with van der Waals surface area (Å²) >= 11 is 0. The summed E-state index contributed by atoms with van der Waals surface area (Å²) in [7, 11) is -10.9. The van der Waals surface area contributed by atoms with Crippen molar-refractivity contribution in [2.24, 2.45) is 0 Å². The zero-order valence-corrected chi connectivity index (χ0v) is 25.9. The second kappa shape index (κ2) is 13.1. The highest BCUT2D eigenvalue weighted by Crippen LogP contribution is 2.27. The monoisotopic (exact) mass is 586 g/mol. The number of rotatable bonds is 16. The Morgan fingerprint density at radius 1 is 0.649 bits per heavy atom. The van der Waals surface area contributed by atoms with Crippen LogP contribution in [0, 0.1) is 0 Å². The zero-order chi connectivity index (χ0) is 27.7. The van der Waals surface area contributed by atoms with Crippen LogP contribution < -0.4 is 20.9 Å². The fourth-order valence-corrected chi connectivity index (χ4v) is 15.5. The average Bonchev–Trinajstić information content (AvgIpc) is 2.76. The van der Waals surface area contributed by atoms with E-state index in [1.165, 1.54) is 0 Å². The van der Waals surface area contributed by atoms with Crippen molar-refractivity contribution in [2.45, 2.75) is 64.0 Å². The quantitative estimate of drug-likeness (QED) is 0.122. The molecule has 2 aromatic rings. The fourth-order valence-electron chi connectivity index (χ4n) is 4.11. The van der Waals surface area contributed by atoms with Gasteiger partial charge in [-0.05, 0) is 99.6 Å². The first-order valence-electron chi connectivity index (χ1n) is 12.5. The third kappa shape index (κ3) is 12.8. The topological polar surface area (TPSA) is 154 Å². The molecule has 6 N–H and O–H groups in total. The molecule has 0 fully saturated rings. The summed E-state index contributed by atoms with van der Waals surface area (Å²) in [6, 6.07) is 14.9. The van der Waals surface area contributed by atoms with Gasteiger partial charge in [-0.1, -0.05) is 12.8 Å². The van der Waals surface area contributed by atoms with Crippen LogP contribution >= 0.6 is 0 Å². The van der Waals surface area contributed by atoms with Gasteiger partial charge in [-0.15, -0.1) is 0 Å². The SMILES string of the molecule is C[Si](C)(C)O[Si](C)(CCCCS(=O)(=O)Nc1ccc(N)cc1)CCCCS(=O)(=O)Nc1ccc(N)cc1. The summed E-state index contributed by atoms with van der Waals surface area (Å²) < 4.78 is 61.7. The molecular formula is C24H42N4O5S2Si2. The number of nitrogens with two attached hydrogens (primary N) is 2. The van der Waals surface area contributed by atoms with Crippen molar-refractivity contribution in [3.63, 3.8) is 0 Å². The predicted molar refractivity (Wildman–Crippen MR) is 161 cm³/mol. The number of anilines is 4. The Balaban J connectivity index is 1.84. The highest BCUT2D eigenvalue weighted by Gasteiger charge is 2.33. The van der Waals surface area contributed by atoms with Crippen molar-refractivity contribution in [3.8, 4) is 0 Å². The van der Waals surface area contributed by atoms with Gasteiger partial charge in [-0.2, -0.15) is 0 Å². The van der Waals surface area contributed by atoms with Crippen molar-refractivity contribution in [1.29, 1.82) is 0 Å². The summed E-state index contributed by atoms with van der Waals surface area (Å²) in [4.78, 5) is 0. The van der Waals surface area contributed by atoms with E-state index in [0.29, 0.717) is 35.6 Å². The molecule has 0 saturated heterocycles. The van der Waals surface area contributed by atoms with Gasteiger partial charge in [0.15, 0.2) is 16.6 Å². The Labute approximate surface area is 224 Å². The molecule has 0 amide bonds. The van der Waals surface area contributed by atoms with Gasteiger partial charge in [0.2, 0.25) is 20.0 Å². The molecule has 208 valence electrons. The Morgan fingerprint density at radius 2 is 1.00 bits per heavy atom. The van der Waals surface area contributed by atoms with Gasteiger partial charge in [0, 0.05) is 22.7 Å². The molecule has 0 radical (unpaired) electrons. The summed E-state index contributed by atoms with van der Waals surface area (Å²) in [6.07, 6.45) is 2.55. The molecule has 0 aliphatic carbocycles. The van der Waals surface area contributed by atoms with Crippen LogP contribution in [0.1, 0.15) is 25.7 Å². The van der Waals surface area contributed by atoms with Crippen molar-refractivity contribution in [2.75, 3.05) is 32.4 Å². The van der Waals surface area contributed by atoms with E-state index in [0.717, 1.165) is 24.9 Å². The number of hydrogen-bond donors (Lipinski definition) is 4. The summed E-state index contributed by atoms with van der Waals surface area (Å²) in [5.41, 5.74) is 13.5. The highest BCUT2D eigenvalue weighted by atomic mass is 32.2. The minimum atomic E-state index is -3.45. The van der Waals surface area contributed by atoms with E-state index in [1.54, 1.807) is 48.5 Å². The minimum Gasteiger partial charge on any atom is -0.456 e.